The zero-order valence-electron chi connectivity index (χ0n) is 45.0. The van der Waals surface area contributed by atoms with E-state index in [9.17, 15) is 28.9 Å². The molecule has 11 nitrogen and oxygen atoms in total. The highest BCUT2D eigenvalue weighted by atomic mass is 31.2. The molecule has 0 aliphatic heterocycles. The minimum absolute atomic E-state index is 0.148. The van der Waals surface area contributed by atoms with Crippen LogP contribution in [0.25, 0.3) is 0 Å². The molecule has 12 heteroatoms. The highest BCUT2D eigenvalue weighted by Gasteiger charge is 2.28. The maximum Gasteiger partial charge on any atom is 0.472 e. The maximum absolute atomic E-state index is 12.9. The van der Waals surface area contributed by atoms with Gasteiger partial charge >= 0.3 is 25.7 Å². The molecule has 0 aromatic heterocycles. The van der Waals surface area contributed by atoms with Crippen LogP contribution in [0.1, 0.15) is 265 Å². The third kappa shape index (κ3) is 50.4. The second kappa shape index (κ2) is 52.8. The lowest BCUT2D eigenvalue weighted by molar-refractivity contribution is -0.161. The minimum atomic E-state index is -4.75. The number of aliphatic hydroxyl groups excluding tert-OH is 1. The van der Waals surface area contributed by atoms with Crippen molar-refractivity contribution < 1.29 is 52.2 Å². The average Bonchev–Trinajstić information content (AvgIpc) is 3.35. The molecule has 0 saturated carbocycles. The van der Waals surface area contributed by atoms with Gasteiger partial charge in [0.15, 0.2) is 6.10 Å². The summed E-state index contributed by atoms with van der Waals surface area (Å²) in [5.41, 5.74) is 0. The molecule has 3 unspecified atom stereocenters. The maximum atomic E-state index is 12.9. The molecule has 0 spiro atoms. The van der Waals surface area contributed by atoms with Crippen molar-refractivity contribution in [3.05, 3.63) is 48.6 Å². The topological polar surface area (TPSA) is 155 Å². The summed E-state index contributed by atoms with van der Waals surface area (Å²) in [6.07, 6.45) is 54.9. The van der Waals surface area contributed by atoms with Crippen LogP contribution in [-0.4, -0.2) is 66.5 Å². The van der Waals surface area contributed by atoms with Crippen LogP contribution in [-0.2, 0) is 42.2 Å². The van der Waals surface area contributed by atoms with Gasteiger partial charge in [-0.1, -0.05) is 217 Å². The number of carbonyl (C=O) groups is 3. The number of carbonyl (C=O) groups excluding carboxylic acids is 3. The lowest BCUT2D eigenvalue weighted by atomic mass is 10.0. The summed E-state index contributed by atoms with van der Waals surface area (Å²) in [4.78, 5) is 48.5. The van der Waals surface area contributed by atoms with Crippen LogP contribution in [0.3, 0.4) is 0 Å². The summed E-state index contributed by atoms with van der Waals surface area (Å²) in [5, 5.41) is 9.80. The summed E-state index contributed by atoms with van der Waals surface area (Å²) in [6, 6.07) is 0. The highest BCUT2D eigenvalue weighted by Crippen LogP contribution is 2.43. The molecule has 0 fully saturated rings. The van der Waals surface area contributed by atoms with E-state index in [1.165, 1.54) is 96.3 Å². The van der Waals surface area contributed by atoms with E-state index in [-0.39, 0.29) is 25.9 Å². The molecule has 0 aromatic rings. The first kappa shape index (κ1) is 67.4. The molecule has 408 valence electrons. The summed E-state index contributed by atoms with van der Waals surface area (Å²) in [6.45, 7) is 4.52. The van der Waals surface area contributed by atoms with Crippen LogP contribution in [0.2, 0.25) is 0 Å². The fraction of sp³-hybridized carbons (Fsp3) is 0.810. The van der Waals surface area contributed by atoms with Crippen molar-refractivity contribution in [1.29, 1.82) is 0 Å². The second-order valence-electron chi connectivity index (χ2n) is 19.1. The minimum Gasteiger partial charge on any atom is -0.462 e. The van der Waals surface area contributed by atoms with Gasteiger partial charge in [-0.15, -0.1) is 0 Å². The number of hydrogen-bond donors (Lipinski definition) is 2. The first-order chi connectivity index (χ1) is 34.2. The van der Waals surface area contributed by atoms with Gasteiger partial charge < -0.3 is 24.2 Å². The van der Waals surface area contributed by atoms with Crippen LogP contribution in [0.5, 0.6) is 0 Å². The third-order valence-corrected chi connectivity index (χ3v) is 13.2. The molecule has 0 bridgehead atoms. The molecule has 70 heavy (non-hydrogen) atoms. The van der Waals surface area contributed by atoms with E-state index < -0.39 is 57.8 Å². The first-order valence-corrected chi connectivity index (χ1v) is 30.0. The molecule has 0 amide bonds. The number of esters is 3. The Bertz CT molecular complexity index is 1360. The summed E-state index contributed by atoms with van der Waals surface area (Å²) in [5.74, 6) is -1.48. The predicted molar refractivity (Wildman–Crippen MR) is 289 cm³/mol. The first-order valence-electron chi connectivity index (χ1n) is 28.5. The molecule has 0 aliphatic rings. The Morgan fingerprint density at radius 2 is 0.743 bits per heavy atom. The summed E-state index contributed by atoms with van der Waals surface area (Å²) in [7, 11) is -4.75. The zero-order chi connectivity index (χ0) is 51.3. The molecule has 0 aromatic carbocycles. The quantitative estimate of drug-likeness (QED) is 0.0197. The monoisotopic (exact) mass is 1010 g/mol. The Kier molecular flexibility index (Phi) is 50.8. The number of aliphatic hydroxyl groups is 1. The average molecular weight is 1010 g/mol. The Balaban J connectivity index is 4.74. The Morgan fingerprint density at radius 1 is 0.414 bits per heavy atom. The van der Waals surface area contributed by atoms with Crippen molar-refractivity contribution in [1.82, 2.24) is 0 Å². The molecule has 2 N–H and O–H groups in total. The predicted octanol–water partition coefficient (Wildman–Crippen LogP) is 16.6. The van der Waals surface area contributed by atoms with Crippen molar-refractivity contribution in [2.45, 2.75) is 277 Å². The molecular weight excluding hydrogens is 904 g/mol. The number of unbranched alkanes of at least 4 members (excludes halogenated alkanes) is 28. The number of phosphoric ester groups is 1. The van der Waals surface area contributed by atoms with E-state index in [4.69, 9.17) is 23.3 Å². The van der Waals surface area contributed by atoms with E-state index in [0.29, 0.717) is 19.3 Å². The van der Waals surface area contributed by atoms with Crippen LogP contribution in [0.15, 0.2) is 48.6 Å². The van der Waals surface area contributed by atoms with Crippen molar-refractivity contribution >= 4 is 25.7 Å². The lowest BCUT2D eigenvalue weighted by Crippen LogP contribution is -2.30. The molecule has 3 atom stereocenters. The molecule has 0 radical (unpaired) electrons. The Labute approximate surface area is 428 Å². The van der Waals surface area contributed by atoms with Crippen LogP contribution < -0.4 is 0 Å². The lowest BCUT2D eigenvalue weighted by Gasteiger charge is -2.21. The van der Waals surface area contributed by atoms with E-state index in [0.717, 1.165) is 109 Å². The number of allylic oxidation sites excluding steroid dienone is 8. The van der Waals surface area contributed by atoms with Gasteiger partial charge in [0.1, 0.15) is 12.7 Å². The van der Waals surface area contributed by atoms with Gasteiger partial charge in [0, 0.05) is 19.3 Å². The van der Waals surface area contributed by atoms with Crippen molar-refractivity contribution in [3.63, 3.8) is 0 Å². The van der Waals surface area contributed by atoms with Crippen LogP contribution in [0.4, 0.5) is 0 Å². The van der Waals surface area contributed by atoms with Gasteiger partial charge in [-0.05, 0) is 77.0 Å². The van der Waals surface area contributed by atoms with Gasteiger partial charge in [-0.2, -0.15) is 0 Å². The largest absolute Gasteiger partial charge is 0.472 e. The van der Waals surface area contributed by atoms with E-state index in [2.05, 4.69) is 69.4 Å². The normalized spacial score (nSPS) is 13.7. The molecular formula is C58H105O11P. The van der Waals surface area contributed by atoms with Crippen molar-refractivity contribution in [2.24, 2.45) is 0 Å². The highest BCUT2D eigenvalue weighted by molar-refractivity contribution is 7.47. The van der Waals surface area contributed by atoms with Gasteiger partial charge in [-0.3, -0.25) is 23.4 Å². The standard InChI is InChI=1S/C58H105O11P/c1-4-7-10-13-16-19-22-25-27-30-32-35-38-41-44-47-56(60)65-51-55(69-58(62)49-46-43-40-37-34-31-28-26-23-20-17-14-11-8-5-2)53-67-70(63,64)66-52-54(50-59)68-57(61)48-45-42-39-36-33-29-24-21-18-15-12-9-6-3/h8,11,17,20,25-28,54-55,59H,4-7,9-10,12-16,18-19,21-24,29-53H2,1-3H3,(H,63,64)/b11-8-,20-17-,27-25-,28-26-. The van der Waals surface area contributed by atoms with Crippen molar-refractivity contribution in [2.75, 3.05) is 26.4 Å². The molecule has 0 rings (SSSR count). The van der Waals surface area contributed by atoms with Crippen molar-refractivity contribution in [3.8, 4) is 0 Å². The zero-order valence-corrected chi connectivity index (χ0v) is 45.9. The number of hydrogen-bond acceptors (Lipinski definition) is 10. The molecule has 0 saturated heterocycles. The smallest absolute Gasteiger partial charge is 0.462 e. The van der Waals surface area contributed by atoms with Crippen LogP contribution >= 0.6 is 7.82 Å². The number of rotatable bonds is 53. The third-order valence-electron chi connectivity index (χ3n) is 12.2. The van der Waals surface area contributed by atoms with Gasteiger partial charge in [0.2, 0.25) is 0 Å². The van der Waals surface area contributed by atoms with Gasteiger partial charge in [0.25, 0.3) is 0 Å². The Morgan fingerprint density at radius 3 is 1.16 bits per heavy atom. The number of phosphoric acid groups is 1. The van der Waals surface area contributed by atoms with Gasteiger partial charge in [-0.25, -0.2) is 4.57 Å². The van der Waals surface area contributed by atoms with Crippen LogP contribution in [0, 0.1) is 0 Å². The Hall–Kier alpha value is -2.56. The summed E-state index contributed by atoms with van der Waals surface area (Å²) >= 11 is 0. The fourth-order valence-electron chi connectivity index (χ4n) is 7.90. The summed E-state index contributed by atoms with van der Waals surface area (Å²) < 4.78 is 39.5. The SMILES string of the molecule is CC/C=C\C/C=C\C/C=C\CCCCCCCC(=O)OC(COC(=O)CCCCCCC/C=C\CCCCCCCC)COP(=O)(O)OCC(CO)OC(=O)CCCCCCCCCCCCCCC. The molecule has 0 aliphatic carbocycles. The van der Waals surface area contributed by atoms with Gasteiger partial charge in [0.05, 0.1) is 19.8 Å². The van der Waals surface area contributed by atoms with E-state index in [1.807, 2.05) is 0 Å². The van der Waals surface area contributed by atoms with E-state index >= 15 is 0 Å². The number of ether oxygens (including phenoxy) is 3. The fourth-order valence-corrected chi connectivity index (χ4v) is 8.68. The second-order valence-corrected chi connectivity index (χ2v) is 20.5. The van der Waals surface area contributed by atoms with E-state index in [1.54, 1.807) is 0 Å². The molecule has 0 heterocycles.